The molecule has 0 aliphatic carbocycles. The minimum absolute atomic E-state index is 0. The lowest BCUT2D eigenvalue weighted by Gasteiger charge is -2.20. The number of amides is 2. The lowest BCUT2D eigenvalue weighted by Crippen LogP contribution is -2.41. The predicted octanol–water partition coefficient (Wildman–Crippen LogP) is 5.24. The van der Waals surface area contributed by atoms with Gasteiger partial charge in [-0.1, -0.05) is 26.0 Å². The van der Waals surface area contributed by atoms with Gasteiger partial charge >= 0.3 is 12.2 Å². The Labute approximate surface area is 254 Å². The average molecular weight is 629 g/mol. The number of nitrogens with one attached hydrogen (secondary N) is 2. The minimum Gasteiger partial charge on any atom is -0.450 e. The smallest absolute Gasteiger partial charge is 0.412 e. The zero-order valence-corrected chi connectivity index (χ0v) is 26.4. The van der Waals surface area contributed by atoms with Gasteiger partial charge in [0, 0.05) is 12.6 Å². The lowest BCUT2D eigenvalue weighted by atomic mass is 10.1. The largest absolute Gasteiger partial charge is 0.450 e. The van der Waals surface area contributed by atoms with Crippen LogP contribution >= 0.6 is 12.4 Å². The zero-order valence-electron chi connectivity index (χ0n) is 24.8. The summed E-state index contributed by atoms with van der Waals surface area (Å²) in [6.07, 6.45) is 1.09. The number of carbonyl (C=O) groups excluding carboxylic acids is 2. The number of hydrogen-bond acceptors (Lipinski definition) is 8. The molecule has 0 spiro atoms. The Balaban J connectivity index is 0.00000102. The fourth-order valence-corrected chi connectivity index (χ4v) is 5.10. The van der Waals surface area contributed by atoms with Gasteiger partial charge in [-0.15, -0.1) is 12.4 Å². The van der Waals surface area contributed by atoms with Gasteiger partial charge in [0.25, 0.3) is 0 Å². The first-order chi connectivity index (χ1) is 19.4. The first-order valence-electron chi connectivity index (χ1n) is 13.4. The standard InChI is InChI=1S/C20H21FN2O4S.C9H20N2O2.ClH/c1-3-18(23-20(24)27-19-10-8-17(21)9-11-19)13-28(25,26)14(2)16-6-4-15(12-22)5-7-16;1-4-8-13-9(12)10-6-5-7-11(2)3;/h4-11,14,18H,3,13H2,1-2H3,(H,23,24);4-8H2,1-3H3,(H,10,12);1H. The van der Waals surface area contributed by atoms with Gasteiger partial charge in [0.05, 0.1) is 29.2 Å². The van der Waals surface area contributed by atoms with Crippen molar-refractivity contribution in [2.45, 2.75) is 51.3 Å². The van der Waals surface area contributed by atoms with Crippen LogP contribution in [0.3, 0.4) is 0 Å². The SMILES string of the molecule is CCC(CS(=O)(=O)C(C)c1ccc(C#N)cc1)NC(=O)Oc1ccc(F)cc1.CCCOC(=O)NCCCN(C)C.Cl. The second-order valence-electron chi connectivity index (χ2n) is 9.52. The second kappa shape index (κ2) is 20.5. The van der Waals surface area contributed by atoms with E-state index in [2.05, 4.69) is 15.5 Å². The normalized spacial score (nSPS) is 12.0. The molecule has 0 bridgehead atoms. The molecule has 13 heteroatoms. The molecule has 10 nitrogen and oxygen atoms in total. The number of carbonyl (C=O) groups is 2. The Morgan fingerprint density at radius 1 is 1.05 bits per heavy atom. The van der Waals surface area contributed by atoms with Crippen LogP contribution in [0.15, 0.2) is 48.5 Å². The van der Waals surface area contributed by atoms with Crippen LogP contribution in [-0.2, 0) is 14.6 Å². The van der Waals surface area contributed by atoms with Crippen molar-refractivity contribution in [3.63, 3.8) is 0 Å². The Morgan fingerprint density at radius 2 is 1.67 bits per heavy atom. The summed E-state index contributed by atoms with van der Waals surface area (Å²) in [7, 11) is 0.448. The summed E-state index contributed by atoms with van der Waals surface area (Å²) in [6.45, 7) is 7.46. The second-order valence-corrected chi connectivity index (χ2v) is 11.9. The van der Waals surface area contributed by atoms with Gasteiger partial charge in [0.15, 0.2) is 9.84 Å². The van der Waals surface area contributed by atoms with E-state index in [0.717, 1.165) is 31.5 Å². The molecule has 0 heterocycles. The highest BCUT2D eigenvalue weighted by molar-refractivity contribution is 7.91. The Bertz CT molecular complexity index is 1220. The molecule has 0 aliphatic heterocycles. The molecule has 0 radical (unpaired) electrons. The fourth-order valence-electron chi connectivity index (χ4n) is 3.36. The number of sulfone groups is 1. The highest BCUT2D eigenvalue weighted by Gasteiger charge is 2.27. The van der Waals surface area contributed by atoms with Crippen molar-refractivity contribution in [2.75, 3.05) is 39.5 Å². The molecule has 0 saturated heterocycles. The van der Waals surface area contributed by atoms with E-state index in [4.69, 9.17) is 14.7 Å². The molecular weight excluding hydrogens is 587 g/mol. The molecule has 2 rings (SSSR count). The van der Waals surface area contributed by atoms with E-state index < -0.39 is 33.0 Å². The quantitative estimate of drug-likeness (QED) is 0.287. The van der Waals surface area contributed by atoms with Crippen molar-refractivity contribution in [3.8, 4) is 11.8 Å². The summed E-state index contributed by atoms with van der Waals surface area (Å²) in [4.78, 5) is 25.0. The Kier molecular flexibility index (Phi) is 18.8. The summed E-state index contributed by atoms with van der Waals surface area (Å²) in [5.74, 6) is -0.562. The molecule has 42 heavy (non-hydrogen) atoms. The summed E-state index contributed by atoms with van der Waals surface area (Å²) < 4.78 is 48.2. The average Bonchev–Trinajstić information content (AvgIpc) is 2.94. The number of benzene rings is 2. The van der Waals surface area contributed by atoms with Crippen molar-refractivity contribution < 1.29 is 31.9 Å². The van der Waals surface area contributed by atoms with Crippen LogP contribution in [0.1, 0.15) is 56.4 Å². The number of rotatable bonds is 13. The molecule has 0 aromatic heterocycles. The number of nitrogens with zero attached hydrogens (tertiary/aromatic N) is 2. The molecule has 0 saturated carbocycles. The van der Waals surface area contributed by atoms with Crippen LogP contribution in [0, 0.1) is 17.1 Å². The monoisotopic (exact) mass is 628 g/mol. The predicted molar refractivity (Wildman–Crippen MR) is 163 cm³/mol. The fraction of sp³-hybridized carbons (Fsp3) is 0.483. The van der Waals surface area contributed by atoms with Gasteiger partial charge in [0.1, 0.15) is 11.6 Å². The van der Waals surface area contributed by atoms with Crippen LogP contribution in [0.5, 0.6) is 5.75 Å². The third kappa shape index (κ3) is 15.6. The maximum atomic E-state index is 12.9. The van der Waals surface area contributed by atoms with Gasteiger partial charge in [-0.3, -0.25) is 0 Å². The molecular formula is C29H42ClFN4O6S. The Morgan fingerprint density at radius 3 is 2.19 bits per heavy atom. The molecule has 2 aromatic carbocycles. The van der Waals surface area contributed by atoms with Gasteiger partial charge in [-0.25, -0.2) is 22.4 Å². The number of ether oxygens (including phenoxy) is 2. The lowest BCUT2D eigenvalue weighted by molar-refractivity contribution is 0.146. The van der Waals surface area contributed by atoms with Crippen LogP contribution in [0.2, 0.25) is 0 Å². The maximum Gasteiger partial charge on any atom is 0.412 e. The molecule has 2 atom stereocenters. The molecule has 2 unspecified atom stereocenters. The minimum atomic E-state index is -3.57. The van der Waals surface area contributed by atoms with Crippen molar-refractivity contribution in [2.24, 2.45) is 0 Å². The number of halogens is 2. The third-order valence-electron chi connectivity index (χ3n) is 5.81. The number of alkyl carbamates (subject to hydrolysis) is 1. The van der Waals surface area contributed by atoms with Crippen LogP contribution in [0.4, 0.5) is 14.0 Å². The van der Waals surface area contributed by atoms with Gasteiger partial charge in [0.2, 0.25) is 0 Å². The number of nitriles is 1. The summed E-state index contributed by atoms with van der Waals surface area (Å²) in [5, 5.41) is 13.3. The van der Waals surface area contributed by atoms with Crippen LogP contribution < -0.4 is 15.4 Å². The van der Waals surface area contributed by atoms with Crippen molar-refractivity contribution >= 4 is 34.4 Å². The van der Waals surface area contributed by atoms with Crippen molar-refractivity contribution in [1.82, 2.24) is 15.5 Å². The zero-order chi connectivity index (χ0) is 30.8. The van der Waals surface area contributed by atoms with E-state index in [9.17, 15) is 22.4 Å². The molecule has 2 N–H and O–H groups in total. The number of hydrogen-bond donors (Lipinski definition) is 2. The van der Waals surface area contributed by atoms with Crippen LogP contribution in [-0.4, -0.2) is 71.1 Å². The first kappa shape index (κ1) is 38.6. The maximum absolute atomic E-state index is 12.9. The van der Waals surface area contributed by atoms with Gasteiger partial charge in [-0.05, 0) is 88.8 Å². The highest BCUT2D eigenvalue weighted by Crippen LogP contribution is 2.24. The van der Waals surface area contributed by atoms with E-state index in [1.54, 1.807) is 38.1 Å². The topological polar surface area (TPSA) is 138 Å². The van der Waals surface area contributed by atoms with E-state index in [-0.39, 0.29) is 30.0 Å². The Hall–Kier alpha value is -3.40. The third-order valence-corrected chi connectivity index (χ3v) is 8.03. The summed E-state index contributed by atoms with van der Waals surface area (Å²) >= 11 is 0. The van der Waals surface area contributed by atoms with Crippen molar-refractivity contribution in [1.29, 1.82) is 5.26 Å². The highest BCUT2D eigenvalue weighted by atomic mass is 35.5. The van der Waals surface area contributed by atoms with Gasteiger partial charge < -0.3 is 25.0 Å². The molecule has 234 valence electrons. The summed E-state index contributed by atoms with van der Waals surface area (Å²) in [6, 6.07) is 12.6. The molecule has 2 aromatic rings. The molecule has 0 aliphatic rings. The van der Waals surface area contributed by atoms with E-state index in [1.165, 1.54) is 12.1 Å². The van der Waals surface area contributed by atoms with Crippen molar-refractivity contribution in [3.05, 3.63) is 65.5 Å². The first-order valence-corrected chi connectivity index (χ1v) is 15.1. The molecule has 2 amide bonds. The van der Waals surface area contributed by atoms with Crippen LogP contribution in [0.25, 0.3) is 0 Å². The van der Waals surface area contributed by atoms with Gasteiger partial charge in [-0.2, -0.15) is 5.26 Å². The molecule has 0 fully saturated rings. The van der Waals surface area contributed by atoms with E-state index >= 15 is 0 Å². The van der Waals surface area contributed by atoms with E-state index in [1.807, 2.05) is 27.1 Å². The summed E-state index contributed by atoms with van der Waals surface area (Å²) in [5.41, 5.74) is 1.02. The van der Waals surface area contributed by atoms with E-state index in [0.29, 0.717) is 30.7 Å².